The summed E-state index contributed by atoms with van der Waals surface area (Å²) in [7, 11) is 1.56. The Balaban J connectivity index is 3.37. The molecule has 0 aliphatic rings. The number of rotatable bonds is 3. The van der Waals surface area contributed by atoms with E-state index in [2.05, 4.69) is 5.32 Å². The van der Waals surface area contributed by atoms with Gasteiger partial charge in [-0.25, -0.2) is 0 Å². The van der Waals surface area contributed by atoms with E-state index in [9.17, 15) is 4.79 Å². The van der Waals surface area contributed by atoms with Crippen LogP contribution in [0.25, 0.3) is 0 Å². The lowest BCUT2D eigenvalue weighted by Gasteiger charge is -2.25. The molecule has 0 aromatic heterocycles. The van der Waals surface area contributed by atoms with Crippen LogP contribution in [0.2, 0.25) is 5.02 Å². The van der Waals surface area contributed by atoms with Crippen molar-refractivity contribution in [3.63, 3.8) is 0 Å². The Kier molecular flexibility index (Phi) is 4.04. The molecule has 3 nitrogen and oxygen atoms in total. The highest BCUT2D eigenvalue weighted by Gasteiger charge is 2.19. The van der Waals surface area contributed by atoms with Gasteiger partial charge in [0.05, 0.1) is 12.8 Å². The Morgan fingerprint density at radius 3 is 2.35 bits per heavy atom. The van der Waals surface area contributed by atoms with Crippen LogP contribution in [0, 0.1) is 0 Å². The molecule has 0 heterocycles. The molecular formula is C13H18ClNO2. The van der Waals surface area contributed by atoms with E-state index in [1.54, 1.807) is 19.2 Å². The summed E-state index contributed by atoms with van der Waals surface area (Å²) < 4.78 is 5.26. The average molecular weight is 256 g/mol. The summed E-state index contributed by atoms with van der Waals surface area (Å²) in [4.78, 5) is 11.6. The molecule has 0 aliphatic heterocycles. The fourth-order valence-corrected chi connectivity index (χ4v) is 1.73. The van der Waals surface area contributed by atoms with Crippen molar-refractivity contribution in [2.45, 2.75) is 33.2 Å². The first-order valence-corrected chi connectivity index (χ1v) is 5.79. The van der Waals surface area contributed by atoms with Gasteiger partial charge in [0.2, 0.25) is 0 Å². The van der Waals surface area contributed by atoms with Gasteiger partial charge in [0, 0.05) is 22.2 Å². The highest BCUT2D eigenvalue weighted by molar-refractivity contribution is 6.31. The van der Waals surface area contributed by atoms with E-state index in [-0.39, 0.29) is 11.3 Å². The first-order chi connectivity index (χ1) is 7.74. The highest BCUT2D eigenvalue weighted by atomic mass is 35.5. The smallest absolute Gasteiger partial charge is 0.162 e. The van der Waals surface area contributed by atoms with Gasteiger partial charge in [-0.2, -0.15) is 0 Å². The number of hydrogen-bond donors (Lipinski definition) is 1. The van der Waals surface area contributed by atoms with Crippen molar-refractivity contribution < 1.29 is 9.53 Å². The second-order valence-corrected chi connectivity index (χ2v) is 5.40. The van der Waals surface area contributed by atoms with Crippen molar-refractivity contribution >= 4 is 23.1 Å². The summed E-state index contributed by atoms with van der Waals surface area (Å²) in [5.41, 5.74) is 1.08. The molecule has 0 bridgehead atoms. The van der Waals surface area contributed by atoms with Gasteiger partial charge in [-0.1, -0.05) is 11.6 Å². The lowest BCUT2D eigenvalue weighted by Crippen LogP contribution is -2.27. The Bertz CT molecular complexity index is 436. The van der Waals surface area contributed by atoms with Gasteiger partial charge in [0.25, 0.3) is 0 Å². The first kappa shape index (κ1) is 13.8. The summed E-state index contributed by atoms with van der Waals surface area (Å²) in [6, 6.07) is 3.35. The lowest BCUT2D eigenvalue weighted by molar-refractivity contribution is 0.101. The third-order valence-electron chi connectivity index (χ3n) is 2.17. The number of halogens is 1. The van der Waals surface area contributed by atoms with Crippen molar-refractivity contribution in [3.8, 4) is 5.75 Å². The predicted octanol–water partition coefficient (Wildman–Crippen LogP) is 3.76. The molecule has 0 saturated heterocycles. The van der Waals surface area contributed by atoms with Gasteiger partial charge in [0.1, 0.15) is 5.75 Å². The van der Waals surface area contributed by atoms with Crippen LogP contribution < -0.4 is 10.1 Å². The van der Waals surface area contributed by atoms with Crippen LogP contribution in [0.5, 0.6) is 5.75 Å². The molecule has 17 heavy (non-hydrogen) atoms. The second kappa shape index (κ2) is 4.96. The molecule has 0 atom stereocenters. The zero-order chi connectivity index (χ0) is 13.2. The van der Waals surface area contributed by atoms with Crippen LogP contribution in [0.15, 0.2) is 12.1 Å². The van der Waals surface area contributed by atoms with Gasteiger partial charge < -0.3 is 10.1 Å². The molecule has 94 valence electrons. The SMILES string of the molecule is COc1cc(Cl)cc(C(C)=O)c1NC(C)(C)C. The van der Waals surface area contributed by atoms with E-state index in [0.717, 1.165) is 0 Å². The fourth-order valence-electron chi connectivity index (χ4n) is 1.52. The number of ketones is 1. The van der Waals surface area contributed by atoms with Crippen molar-refractivity contribution in [2.24, 2.45) is 0 Å². The van der Waals surface area contributed by atoms with Crippen molar-refractivity contribution in [2.75, 3.05) is 12.4 Å². The standard InChI is InChI=1S/C13H18ClNO2/c1-8(16)10-6-9(14)7-11(17-5)12(10)15-13(2,3)4/h6-7,15H,1-5H3. The molecule has 0 radical (unpaired) electrons. The molecule has 0 saturated carbocycles. The molecule has 1 aromatic rings. The van der Waals surface area contributed by atoms with Gasteiger partial charge >= 0.3 is 0 Å². The lowest BCUT2D eigenvalue weighted by atomic mass is 10.0. The number of benzene rings is 1. The largest absolute Gasteiger partial charge is 0.495 e. The zero-order valence-corrected chi connectivity index (χ0v) is 11.6. The highest BCUT2D eigenvalue weighted by Crippen LogP contribution is 2.34. The molecule has 1 rings (SSSR count). The summed E-state index contributed by atoms with van der Waals surface area (Å²) in [5, 5.41) is 3.77. The number of ether oxygens (including phenoxy) is 1. The van der Waals surface area contributed by atoms with E-state index >= 15 is 0 Å². The third kappa shape index (κ3) is 3.63. The number of carbonyl (C=O) groups is 1. The van der Waals surface area contributed by atoms with E-state index in [0.29, 0.717) is 22.0 Å². The van der Waals surface area contributed by atoms with E-state index < -0.39 is 0 Å². The van der Waals surface area contributed by atoms with E-state index in [1.807, 2.05) is 20.8 Å². The molecule has 0 spiro atoms. The van der Waals surface area contributed by atoms with Crippen LogP contribution in [0.4, 0.5) is 5.69 Å². The van der Waals surface area contributed by atoms with Gasteiger partial charge in [0.15, 0.2) is 5.78 Å². The van der Waals surface area contributed by atoms with E-state index in [1.165, 1.54) is 6.92 Å². The second-order valence-electron chi connectivity index (χ2n) is 4.96. The predicted molar refractivity (Wildman–Crippen MR) is 71.4 cm³/mol. The minimum absolute atomic E-state index is 0.0439. The van der Waals surface area contributed by atoms with Crippen LogP contribution in [-0.2, 0) is 0 Å². The Morgan fingerprint density at radius 1 is 1.35 bits per heavy atom. The van der Waals surface area contributed by atoms with Crippen molar-refractivity contribution in [1.82, 2.24) is 0 Å². The Hall–Kier alpha value is -1.22. The minimum atomic E-state index is -0.161. The molecule has 0 unspecified atom stereocenters. The van der Waals surface area contributed by atoms with Crippen LogP contribution in [-0.4, -0.2) is 18.4 Å². The molecule has 4 heteroatoms. The molecular weight excluding hydrogens is 238 g/mol. The summed E-state index contributed by atoms with van der Waals surface area (Å²) in [6.07, 6.45) is 0. The zero-order valence-electron chi connectivity index (χ0n) is 10.8. The quantitative estimate of drug-likeness (QED) is 0.836. The summed E-state index contributed by atoms with van der Waals surface area (Å²) in [6.45, 7) is 7.57. The maximum atomic E-state index is 11.6. The van der Waals surface area contributed by atoms with Crippen molar-refractivity contribution in [3.05, 3.63) is 22.7 Å². The average Bonchev–Trinajstić information content (AvgIpc) is 2.17. The maximum absolute atomic E-state index is 11.6. The molecule has 1 N–H and O–H groups in total. The van der Waals surface area contributed by atoms with Gasteiger partial charge in [-0.15, -0.1) is 0 Å². The minimum Gasteiger partial charge on any atom is -0.495 e. The third-order valence-corrected chi connectivity index (χ3v) is 2.38. The Morgan fingerprint density at radius 2 is 1.94 bits per heavy atom. The van der Waals surface area contributed by atoms with Crippen LogP contribution >= 0.6 is 11.6 Å². The van der Waals surface area contributed by atoms with Gasteiger partial charge in [-0.05, 0) is 33.8 Å². The molecule has 0 fully saturated rings. The first-order valence-electron chi connectivity index (χ1n) is 5.41. The number of carbonyl (C=O) groups excluding carboxylic acids is 1. The number of anilines is 1. The summed E-state index contributed by atoms with van der Waals surface area (Å²) in [5.74, 6) is 0.537. The number of hydrogen-bond acceptors (Lipinski definition) is 3. The monoisotopic (exact) mass is 255 g/mol. The molecule has 1 aromatic carbocycles. The topological polar surface area (TPSA) is 38.3 Å². The number of methoxy groups -OCH3 is 1. The Labute approximate surface area is 107 Å². The van der Waals surface area contributed by atoms with Crippen molar-refractivity contribution in [1.29, 1.82) is 0 Å². The van der Waals surface area contributed by atoms with Crippen LogP contribution in [0.1, 0.15) is 38.1 Å². The van der Waals surface area contributed by atoms with E-state index in [4.69, 9.17) is 16.3 Å². The maximum Gasteiger partial charge on any atom is 0.162 e. The number of Topliss-reactive ketones (excluding diaryl/α,β-unsaturated/α-hetero) is 1. The molecule has 0 amide bonds. The fraction of sp³-hybridized carbons (Fsp3) is 0.462. The summed E-state index contributed by atoms with van der Waals surface area (Å²) >= 11 is 5.96. The molecule has 0 aliphatic carbocycles. The van der Waals surface area contributed by atoms with Gasteiger partial charge in [-0.3, -0.25) is 4.79 Å². The normalized spacial score (nSPS) is 11.2. The van der Waals surface area contributed by atoms with Crippen LogP contribution in [0.3, 0.4) is 0 Å². The number of nitrogens with one attached hydrogen (secondary N) is 1.